The number of methoxy groups -OCH3 is 1. The number of nitrogens with one attached hydrogen (secondary N) is 1. The summed E-state index contributed by atoms with van der Waals surface area (Å²) in [5, 5.41) is 2.96. The van der Waals surface area contributed by atoms with Crippen LogP contribution in [0.15, 0.2) is 48.7 Å². The molecule has 1 amide bonds. The number of aromatic nitrogens is 2. The summed E-state index contributed by atoms with van der Waals surface area (Å²) >= 11 is 0. The number of fused-ring (bicyclic) bond motifs is 1. The van der Waals surface area contributed by atoms with E-state index in [-0.39, 0.29) is 11.9 Å². The fraction of sp³-hybridized carbons (Fsp3) is 0.269. The molecule has 164 valence electrons. The lowest BCUT2D eigenvalue weighted by Crippen LogP contribution is -2.09. The summed E-state index contributed by atoms with van der Waals surface area (Å²) in [5.74, 6) is 0.535. The first-order valence-corrected chi connectivity index (χ1v) is 10.9. The van der Waals surface area contributed by atoms with Crippen molar-refractivity contribution < 1.29 is 14.3 Å². The molecule has 32 heavy (non-hydrogen) atoms. The van der Waals surface area contributed by atoms with E-state index in [0.717, 1.165) is 53.2 Å². The van der Waals surface area contributed by atoms with Crippen LogP contribution in [-0.4, -0.2) is 28.5 Å². The van der Waals surface area contributed by atoms with E-state index in [1.54, 1.807) is 12.1 Å². The van der Waals surface area contributed by atoms with Gasteiger partial charge < -0.3 is 14.6 Å². The van der Waals surface area contributed by atoms with E-state index in [0.29, 0.717) is 17.7 Å². The van der Waals surface area contributed by atoms with E-state index in [9.17, 15) is 9.59 Å². The normalized spacial score (nSPS) is 13.8. The summed E-state index contributed by atoms with van der Waals surface area (Å²) in [6, 6.07) is 13.3. The van der Waals surface area contributed by atoms with Crippen LogP contribution < -0.4 is 5.32 Å². The maximum Gasteiger partial charge on any atom is 0.337 e. The molecule has 2 heterocycles. The van der Waals surface area contributed by atoms with Crippen LogP contribution in [0.25, 0.3) is 11.6 Å². The molecule has 4 rings (SSSR count). The average molecular weight is 430 g/mol. The summed E-state index contributed by atoms with van der Waals surface area (Å²) in [4.78, 5) is 29.1. The minimum Gasteiger partial charge on any atom is -0.465 e. The summed E-state index contributed by atoms with van der Waals surface area (Å²) < 4.78 is 6.94. The summed E-state index contributed by atoms with van der Waals surface area (Å²) in [6.45, 7) is 4.77. The molecule has 0 bridgehead atoms. The van der Waals surface area contributed by atoms with Crippen molar-refractivity contribution in [2.45, 2.75) is 39.7 Å². The van der Waals surface area contributed by atoms with Crippen molar-refractivity contribution in [1.29, 1.82) is 0 Å². The standard InChI is InChI=1S/C26H27N3O3/c1-4-5-9-23-27-15-20(14-21-24-17(2)7-6-8-22(24)28-25(21)30)29(23)16-18-10-12-19(13-11-18)26(31)32-3/h6-8,10-15H,4-5,9,16H2,1-3H3,(H,28,30). The van der Waals surface area contributed by atoms with Crippen LogP contribution >= 0.6 is 0 Å². The predicted octanol–water partition coefficient (Wildman–Crippen LogP) is 4.86. The quantitative estimate of drug-likeness (QED) is 0.430. The van der Waals surface area contributed by atoms with Gasteiger partial charge in [-0.15, -0.1) is 0 Å². The number of imidazole rings is 1. The molecule has 1 aliphatic rings. The molecule has 6 nitrogen and oxygen atoms in total. The third-order valence-corrected chi connectivity index (χ3v) is 5.77. The number of hydrogen-bond acceptors (Lipinski definition) is 4. The van der Waals surface area contributed by atoms with Crippen LogP contribution in [0.4, 0.5) is 5.69 Å². The van der Waals surface area contributed by atoms with Crippen LogP contribution in [0.5, 0.6) is 0 Å². The minimum atomic E-state index is -0.352. The van der Waals surface area contributed by atoms with Gasteiger partial charge in [-0.2, -0.15) is 0 Å². The number of carbonyl (C=O) groups is 2. The zero-order valence-corrected chi connectivity index (χ0v) is 18.6. The van der Waals surface area contributed by atoms with E-state index in [1.165, 1.54) is 7.11 Å². The van der Waals surface area contributed by atoms with Crippen LogP contribution in [0.1, 0.15) is 58.3 Å². The molecule has 0 saturated heterocycles. The Morgan fingerprint density at radius 1 is 1.19 bits per heavy atom. The first-order chi connectivity index (χ1) is 15.5. The van der Waals surface area contributed by atoms with E-state index in [1.807, 2.05) is 49.5 Å². The molecule has 0 saturated carbocycles. The molecule has 0 fully saturated rings. The SMILES string of the molecule is CCCCc1ncc(C=C2C(=O)Nc3cccc(C)c32)n1Cc1ccc(C(=O)OC)cc1. The number of amides is 1. The highest BCUT2D eigenvalue weighted by atomic mass is 16.5. The molecule has 6 heteroatoms. The third-order valence-electron chi connectivity index (χ3n) is 5.77. The van der Waals surface area contributed by atoms with Gasteiger partial charge in [0.15, 0.2) is 0 Å². The van der Waals surface area contributed by atoms with Crippen molar-refractivity contribution in [2.75, 3.05) is 12.4 Å². The van der Waals surface area contributed by atoms with Crippen LogP contribution in [0.2, 0.25) is 0 Å². The van der Waals surface area contributed by atoms with Crippen molar-refractivity contribution in [1.82, 2.24) is 9.55 Å². The summed E-state index contributed by atoms with van der Waals surface area (Å²) in [5.41, 5.74) is 5.95. The fourth-order valence-corrected chi connectivity index (χ4v) is 4.03. The first-order valence-electron chi connectivity index (χ1n) is 10.9. The van der Waals surface area contributed by atoms with Gasteiger partial charge in [0.25, 0.3) is 5.91 Å². The van der Waals surface area contributed by atoms with E-state index >= 15 is 0 Å². The first kappa shape index (κ1) is 21.6. The van der Waals surface area contributed by atoms with E-state index < -0.39 is 0 Å². The fourth-order valence-electron chi connectivity index (χ4n) is 4.03. The summed E-state index contributed by atoms with van der Waals surface area (Å²) in [7, 11) is 1.38. The highest BCUT2D eigenvalue weighted by Gasteiger charge is 2.26. The lowest BCUT2D eigenvalue weighted by atomic mass is 10.0. The Balaban J connectivity index is 1.72. The second kappa shape index (κ2) is 9.22. The molecule has 0 spiro atoms. The van der Waals surface area contributed by atoms with Gasteiger partial charge >= 0.3 is 5.97 Å². The molecule has 3 aromatic rings. The Morgan fingerprint density at radius 3 is 2.69 bits per heavy atom. The Kier molecular flexibility index (Phi) is 6.21. The van der Waals surface area contributed by atoms with Gasteiger partial charge in [-0.05, 0) is 48.7 Å². The Labute approximate surface area is 187 Å². The number of carbonyl (C=O) groups excluding carboxylic acids is 2. The Hall–Kier alpha value is -3.67. The second-order valence-corrected chi connectivity index (χ2v) is 7.99. The second-order valence-electron chi connectivity index (χ2n) is 7.99. The number of unbranched alkanes of at least 4 members (excludes halogenated alkanes) is 1. The molecule has 0 atom stereocenters. The molecule has 1 aliphatic heterocycles. The van der Waals surface area contributed by atoms with Crippen molar-refractivity contribution in [2.24, 2.45) is 0 Å². The number of nitrogens with zero attached hydrogens (tertiary/aromatic N) is 2. The molecule has 0 radical (unpaired) electrons. The molecule has 1 aromatic heterocycles. The van der Waals surface area contributed by atoms with E-state index in [2.05, 4.69) is 21.8 Å². The van der Waals surface area contributed by atoms with Gasteiger partial charge in [0.2, 0.25) is 0 Å². The van der Waals surface area contributed by atoms with Crippen LogP contribution in [0.3, 0.4) is 0 Å². The highest BCUT2D eigenvalue weighted by Crippen LogP contribution is 2.35. The Bertz CT molecular complexity index is 1190. The number of rotatable bonds is 7. The van der Waals surface area contributed by atoms with Gasteiger partial charge in [0, 0.05) is 24.2 Å². The molecular weight excluding hydrogens is 402 g/mol. The minimum absolute atomic E-state index is 0.0976. The van der Waals surface area contributed by atoms with Gasteiger partial charge in [-0.1, -0.05) is 37.6 Å². The van der Waals surface area contributed by atoms with Gasteiger partial charge in [-0.25, -0.2) is 9.78 Å². The van der Waals surface area contributed by atoms with Crippen molar-refractivity contribution >= 4 is 29.2 Å². The van der Waals surface area contributed by atoms with Gasteiger partial charge in [-0.3, -0.25) is 4.79 Å². The molecule has 2 aromatic carbocycles. The molecule has 1 N–H and O–H groups in total. The van der Waals surface area contributed by atoms with Crippen LogP contribution in [-0.2, 0) is 22.5 Å². The average Bonchev–Trinajstić information content (AvgIpc) is 3.33. The van der Waals surface area contributed by atoms with Crippen molar-refractivity contribution in [3.8, 4) is 0 Å². The number of aryl methyl sites for hydroxylation is 2. The number of benzene rings is 2. The largest absolute Gasteiger partial charge is 0.465 e. The molecular formula is C26H27N3O3. The maximum atomic E-state index is 12.7. The third kappa shape index (κ3) is 4.21. The number of hydrogen-bond donors (Lipinski definition) is 1. The highest BCUT2D eigenvalue weighted by molar-refractivity contribution is 6.35. The zero-order chi connectivity index (χ0) is 22.7. The summed E-state index contributed by atoms with van der Waals surface area (Å²) in [6.07, 6.45) is 6.74. The molecule has 0 unspecified atom stereocenters. The monoisotopic (exact) mass is 429 g/mol. The maximum absolute atomic E-state index is 12.7. The van der Waals surface area contributed by atoms with Crippen molar-refractivity contribution in [3.05, 3.63) is 82.4 Å². The lowest BCUT2D eigenvalue weighted by molar-refractivity contribution is -0.110. The smallest absolute Gasteiger partial charge is 0.337 e. The van der Waals surface area contributed by atoms with Gasteiger partial charge in [0.05, 0.1) is 30.1 Å². The topological polar surface area (TPSA) is 73.2 Å². The van der Waals surface area contributed by atoms with Crippen LogP contribution in [0, 0.1) is 6.92 Å². The van der Waals surface area contributed by atoms with Gasteiger partial charge in [0.1, 0.15) is 5.82 Å². The van der Waals surface area contributed by atoms with Crippen molar-refractivity contribution in [3.63, 3.8) is 0 Å². The lowest BCUT2D eigenvalue weighted by Gasteiger charge is -2.12. The Morgan fingerprint density at radius 2 is 1.97 bits per heavy atom. The number of anilines is 1. The number of esters is 1. The predicted molar refractivity (Wildman–Crippen MR) is 125 cm³/mol. The van der Waals surface area contributed by atoms with E-state index in [4.69, 9.17) is 4.74 Å². The zero-order valence-electron chi connectivity index (χ0n) is 18.6. The number of ether oxygens (including phenoxy) is 1. The molecule has 0 aliphatic carbocycles.